The molecule has 2 aromatic carbocycles. The number of methoxy groups -OCH3 is 1. The van der Waals surface area contributed by atoms with Gasteiger partial charge in [-0.15, -0.1) is 11.3 Å². The minimum Gasteiger partial charge on any atom is -0.495 e. The number of rotatable bonds is 6. The Morgan fingerprint density at radius 2 is 1.93 bits per heavy atom. The quantitative estimate of drug-likeness (QED) is 0.585. The molecule has 0 aliphatic heterocycles. The van der Waals surface area contributed by atoms with E-state index in [0.717, 1.165) is 14.5 Å². The van der Waals surface area contributed by atoms with Crippen molar-refractivity contribution in [3.8, 4) is 5.75 Å². The molecule has 0 bridgehead atoms. The Morgan fingerprint density at radius 3 is 2.59 bits per heavy atom. The monoisotopic (exact) mass is 406 g/mol. The van der Waals surface area contributed by atoms with E-state index in [1.807, 2.05) is 24.3 Å². The maximum absolute atomic E-state index is 12.5. The van der Waals surface area contributed by atoms with Gasteiger partial charge in [0.1, 0.15) is 22.3 Å². The molecule has 0 saturated heterocycles. The van der Waals surface area contributed by atoms with Crippen molar-refractivity contribution in [2.45, 2.75) is 11.5 Å². The van der Waals surface area contributed by atoms with Crippen LogP contribution >= 0.6 is 11.3 Å². The number of esters is 1. The topological polar surface area (TPSA) is 85.8 Å². The summed E-state index contributed by atoms with van der Waals surface area (Å²) in [5.74, 6) is -0.474. The molecule has 0 aliphatic rings. The van der Waals surface area contributed by atoms with Crippen LogP contribution in [0.1, 0.15) is 15.4 Å². The van der Waals surface area contributed by atoms with E-state index in [9.17, 15) is 13.2 Å². The minimum atomic E-state index is -3.77. The smallest absolute Gasteiger partial charge is 0.338 e. The van der Waals surface area contributed by atoms with Crippen molar-refractivity contribution in [1.29, 1.82) is 0 Å². The number of fused-ring (bicyclic) bond motifs is 1. The van der Waals surface area contributed by atoms with Gasteiger partial charge in [0.2, 0.25) is 10.0 Å². The zero-order chi connectivity index (χ0) is 19.6. The van der Waals surface area contributed by atoms with E-state index < -0.39 is 16.0 Å². The van der Waals surface area contributed by atoms with E-state index in [2.05, 4.69) is 4.98 Å². The number of carbonyl (C=O) groups is 1. The van der Waals surface area contributed by atoms with E-state index in [1.165, 1.54) is 50.7 Å². The summed E-state index contributed by atoms with van der Waals surface area (Å²) in [7, 11) is 0.420. The zero-order valence-electron chi connectivity index (χ0n) is 15.0. The highest BCUT2D eigenvalue weighted by Crippen LogP contribution is 2.27. The molecule has 0 N–H and O–H groups in total. The van der Waals surface area contributed by atoms with Crippen molar-refractivity contribution < 1.29 is 22.7 Å². The van der Waals surface area contributed by atoms with Gasteiger partial charge in [-0.2, -0.15) is 0 Å². The first-order valence-electron chi connectivity index (χ1n) is 7.95. The highest BCUT2D eigenvalue weighted by molar-refractivity contribution is 7.89. The van der Waals surface area contributed by atoms with Crippen LogP contribution < -0.4 is 4.74 Å². The van der Waals surface area contributed by atoms with Crippen LogP contribution in [0.3, 0.4) is 0 Å². The lowest BCUT2D eigenvalue weighted by Gasteiger charge is -2.15. The number of benzene rings is 2. The molecule has 0 aliphatic carbocycles. The van der Waals surface area contributed by atoms with Gasteiger partial charge in [-0.3, -0.25) is 0 Å². The number of ether oxygens (including phenoxy) is 2. The third-order valence-electron chi connectivity index (χ3n) is 3.82. The highest BCUT2D eigenvalue weighted by atomic mass is 32.2. The molecule has 0 saturated carbocycles. The number of hydrogen-bond donors (Lipinski definition) is 0. The minimum absolute atomic E-state index is 0.0139. The molecule has 27 heavy (non-hydrogen) atoms. The van der Waals surface area contributed by atoms with E-state index in [-0.39, 0.29) is 22.8 Å². The van der Waals surface area contributed by atoms with Crippen LogP contribution in [0.5, 0.6) is 5.75 Å². The van der Waals surface area contributed by atoms with E-state index in [0.29, 0.717) is 5.01 Å². The standard InChI is InChI=1S/C18H18N2O5S2/c1-20(2)27(22,23)16-10-12(8-9-14(16)24-3)18(21)25-11-17-19-13-6-4-5-7-15(13)26-17/h4-10H,11H2,1-3H3. The van der Waals surface area contributed by atoms with Gasteiger partial charge in [0.25, 0.3) is 0 Å². The molecular weight excluding hydrogens is 388 g/mol. The summed E-state index contributed by atoms with van der Waals surface area (Å²) in [6.45, 7) is 0.0139. The predicted octanol–water partition coefficient (Wildman–Crippen LogP) is 2.91. The molecule has 1 aromatic heterocycles. The molecule has 7 nitrogen and oxygen atoms in total. The first-order valence-corrected chi connectivity index (χ1v) is 10.2. The Balaban J connectivity index is 1.82. The molecule has 0 atom stereocenters. The van der Waals surface area contributed by atoms with Crippen LogP contribution in [0.15, 0.2) is 47.4 Å². The van der Waals surface area contributed by atoms with E-state index in [1.54, 1.807) is 0 Å². The summed E-state index contributed by atoms with van der Waals surface area (Å²) in [4.78, 5) is 16.7. The first-order chi connectivity index (χ1) is 12.8. The molecule has 3 rings (SSSR count). The number of sulfonamides is 1. The third kappa shape index (κ3) is 3.95. The van der Waals surface area contributed by atoms with Crippen molar-refractivity contribution in [2.75, 3.05) is 21.2 Å². The number of para-hydroxylation sites is 1. The maximum atomic E-state index is 12.5. The van der Waals surface area contributed by atoms with Crippen molar-refractivity contribution in [3.05, 3.63) is 53.0 Å². The SMILES string of the molecule is COc1ccc(C(=O)OCc2nc3ccccc3s2)cc1S(=O)(=O)N(C)C. The van der Waals surface area contributed by atoms with E-state index >= 15 is 0 Å². The summed E-state index contributed by atoms with van der Waals surface area (Å²) in [6, 6.07) is 11.8. The molecule has 0 amide bonds. The van der Waals surface area contributed by atoms with Gasteiger partial charge in [0, 0.05) is 14.1 Å². The Morgan fingerprint density at radius 1 is 1.19 bits per heavy atom. The zero-order valence-corrected chi connectivity index (χ0v) is 16.6. The van der Waals surface area contributed by atoms with Gasteiger partial charge in [-0.1, -0.05) is 12.1 Å². The van der Waals surface area contributed by atoms with Crippen LogP contribution in [0.2, 0.25) is 0 Å². The maximum Gasteiger partial charge on any atom is 0.338 e. The number of hydrogen-bond acceptors (Lipinski definition) is 7. The average Bonchev–Trinajstić information content (AvgIpc) is 3.08. The summed E-state index contributed by atoms with van der Waals surface area (Å²) >= 11 is 1.44. The summed E-state index contributed by atoms with van der Waals surface area (Å²) in [5.41, 5.74) is 0.967. The largest absolute Gasteiger partial charge is 0.495 e. The third-order valence-corrected chi connectivity index (χ3v) is 6.67. The lowest BCUT2D eigenvalue weighted by molar-refractivity contribution is 0.0472. The molecule has 0 unspecified atom stereocenters. The number of nitrogens with zero attached hydrogens (tertiary/aromatic N) is 2. The lowest BCUT2D eigenvalue weighted by atomic mass is 10.2. The Hall–Kier alpha value is -2.49. The fourth-order valence-electron chi connectivity index (χ4n) is 2.39. The van der Waals surface area contributed by atoms with Gasteiger partial charge in [-0.25, -0.2) is 22.5 Å². The number of carbonyl (C=O) groups excluding carboxylic acids is 1. The second-order valence-electron chi connectivity index (χ2n) is 5.80. The van der Waals surface area contributed by atoms with Crippen molar-refractivity contribution in [3.63, 3.8) is 0 Å². The van der Waals surface area contributed by atoms with Crippen molar-refractivity contribution >= 4 is 37.5 Å². The van der Waals surface area contributed by atoms with Crippen LogP contribution in [0, 0.1) is 0 Å². The summed E-state index contributed by atoms with van der Waals surface area (Å²) in [5, 5.41) is 0.666. The van der Waals surface area contributed by atoms with Crippen LogP contribution in [0.4, 0.5) is 0 Å². The van der Waals surface area contributed by atoms with Crippen molar-refractivity contribution in [2.24, 2.45) is 0 Å². The highest BCUT2D eigenvalue weighted by Gasteiger charge is 2.24. The summed E-state index contributed by atoms with van der Waals surface area (Å²) < 4.78 is 37.4. The van der Waals surface area contributed by atoms with Gasteiger partial charge in [-0.05, 0) is 30.3 Å². The van der Waals surface area contributed by atoms with Crippen molar-refractivity contribution in [1.82, 2.24) is 9.29 Å². The Bertz CT molecular complexity index is 1060. The molecule has 9 heteroatoms. The summed E-state index contributed by atoms with van der Waals surface area (Å²) in [6.07, 6.45) is 0. The average molecular weight is 406 g/mol. The molecule has 3 aromatic rings. The lowest BCUT2D eigenvalue weighted by Crippen LogP contribution is -2.23. The first kappa shape index (κ1) is 19.3. The second-order valence-corrected chi connectivity index (χ2v) is 9.04. The molecule has 0 spiro atoms. The van der Waals surface area contributed by atoms with Gasteiger partial charge in [0.05, 0.1) is 22.9 Å². The van der Waals surface area contributed by atoms with Gasteiger partial charge in [0.15, 0.2) is 0 Å². The number of aromatic nitrogens is 1. The van der Waals surface area contributed by atoms with E-state index in [4.69, 9.17) is 9.47 Å². The molecule has 142 valence electrons. The van der Waals surface area contributed by atoms with Crippen LogP contribution in [-0.4, -0.2) is 44.9 Å². The van der Waals surface area contributed by atoms with Crippen LogP contribution in [0.25, 0.3) is 10.2 Å². The van der Waals surface area contributed by atoms with Crippen LogP contribution in [-0.2, 0) is 21.4 Å². The molecular formula is C18H18N2O5S2. The fraction of sp³-hybridized carbons (Fsp3) is 0.222. The normalized spacial score (nSPS) is 11.7. The fourth-order valence-corrected chi connectivity index (χ4v) is 4.35. The Kier molecular flexibility index (Phi) is 5.45. The Labute approximate surface area is 161 Å². The molecule has 1 heterocycles. The van der Waals surface area contributed by atoms with Gasteiger partial charge >= 0.3 is 5.97 Å². The van der Waals surface area contributed by atoms with Gasteiger partial charge < -0.3 is 9.47 Å². The molecule has 0 radical (unpaired) electrons. The molecule has 0 fully saturated rings. The predicted molar refractivity (Wildman–Crippen MR) is 103 cm³/mol. The number of thiazole rings is 1. The second kappa shape index (κ2) is 7.63.